The number of ether oxygens (including phenoxy) is 1. The van der Waals surface area contributed by atoms with Gasteiger partial charge in [-0.15, -0.1) is 11.3 Å². The summed E-state index contributed by atoms with van der Waals surface area (Å²) in [6, 6.07) is 6.53. The molecule has 100 valence electrons. The molecule has 1 unspecified atom stereocenters. The zero-order valence-electron chi connectivity index (χ0n) is 10.6. The van der Waals surface area contributed by atoms with Crippen molar-refractivity contribution >= 4 is 33.0 Å². The van der Waals surface area contributed by atoms with Gasteiger partial charge in [-0.1, -0.05) is 0 Å². The maximum absolute atomic E-state index is 5.08. The monoisotopic (exact) mass is 338 g/mol. The zero-order valence-corrected chi connectivity index (χ0v) is 13.1. The highest BCUT2D eigenvalue weighted by molar-refractivity contribution is 9.11. The van der Waals surface area contributed by atoms with E-state index in [-0.39, 0.29) is 0 Å². The Labute approximate surface area is 125 Å². The molecule has 1 N–H and O–H groups in total. The molecule has 0 bridgehead atoms. The SMILES string of the molecule is COc1ccc(NC2CCCc3sc(Br)cc32)cn1. The highest BCUT2D eigenvalue weighted by Gasteiger charge is 2.22. The van der Waals surface area contributed by atoms with Gasteiger partial charge in [0.2, 0.25) is 5.88 Å². The molecule has 3 nitrogen and oxygen atoms in total. The van der Waals surface area contributed by atoms with E-state index in [0.29, 0.717) is 11.9 Å². The maximum atomic E-state index is 5.08. The first-order valence-corrected chi connectivity index (χ1v) is 7.92. The van der Waals surface area contributed by atoms with Crippen molar-refractivity contribution in [3.8, 4) is 5.88 Å². The van der Waals surface area contributed by atoms with E-state index in [1.807, 2.05) is 29.7 Å². The van der Waals surface area contributed by atoms with Crippen molar-refractivity contribution in [3.63, 3.8) is 0 Å². The van der Waals surface area contributed by atoms with E-state index in [0.717, 1.165) is 5.69 Å². The lowest BCUT2D eigenvalue weighted by Crippen LogP contribution is -2.15. The molecular formula is C14H15BrN2OS. The lowest BCUT2D eigenvalue weighted by molar-refractivity contribution is 0.398. The number of methoxy groups -OCH3 is 1. The van der Waals surface area contributed by atoms with E-state index in [1.54, 1.807) is 7.11 Å². The predicted molar refractivity (Wildman–Crippen MR) is 82.1 cm³/mol. The van der Waals surface area contributed by atoms with Gasteiger partial charge in [0.25, 0.3) is 0 Å². The Balaban J connectivity index is 1.79. The first kappa shape index (κ1) is 12.9. The fourth-order valence-corrected chi connectivity index (χ4v) is 4.28. The molecule has 1 atom stereocenters. The largest absolute Gasteiger partial charge is 0.481 e. The number of hydrogen-bond donors (Lipinski definition) is 1. The molecule has 1 aliphatic rings. The van der Waals surface area contributed by atoms with Gasteiger partial charge in [-0.3, -0.25) is 0 Å². The summed E-state index contributed by atoms with van der Waals surface area (Å²) in [7, 11) is 1.63. The molecule has 0 aromatic carbocycles. The quantitative estimate of drug-likeness (QED) is 0.900. The molecule has 0 spiro atoms. The molecule has 0 fully saturated rings. The molecule has 0 saturated carbocycles. The summed E-state index contributed by atoms with van der Waals surface area (Å²) in [6.45, 7) is 0. The van der Waals surface area contributed by atoms with E-state index in [2.05, 4.69) is 32.3 Å². The fraction of sp³-hybridized carbons (Fsp3) is 0.357. The number of halogens is 1. The van der Waals surface area contributed by atoms with Crippen LogP contribution in [-0.2, 0) is 6.42 Å². The van der Waals surface area contributed by atoms with Crippen LogP contribution < -0.4 is 10.1 Å². The Morgan fingerprint density at radius 2 is 2.37 bits per heavy atom. The number of pyridine rings is 1. The molecule has 2 aromatic rings. The topological polar surface area (TPSA) is 34.1 Å². The summed E-state index contributed by atoms with van der Waals surface area (Å²) in [5.74, 6) is 0.646. The van der Waals surface area contributed by atoms with Crippen LogP contribution in [0.3, 0.4) is 0 Å². The van der Waals surface area contributed by atoms with Crippen LogP contribution in [-0.4, -0.2) is 12.1 Å². The highest BCUT2D eigenvalue weighted by atomic mass is 79.9. The summed E-state index contributed by atoms with van der Waals surface area (Å²) >= 11 is 5.44. The Hall–Kier alpha value is -1.07. The van der Waals surface area contributed by atoms with Gasteiger partial charge in [-0.05, 0) is 52.9 Å². The molecule has 0 radical (unpaired) electrons. The molecule has 19 heavy (non-hydrogen) atoms. The Morgan fingerprint density at radius 3 is 3.11 bits per heavy atom. The molecule has 0 saturated heterocycles. The Bertz CT molecular complexity index is 567. The van der Waals surface area contributed by atoms with Crippen LogP contribution in [0.2, 0.25) is 0 Å². The van der Waals surface area contributed by atoms with Crippen molar-refractivity contribution in [1.82, 2.24) is 4.98 Å². The first-order chi connectivity index (χ1) is 9.26. The van der Waals surface area contributed by atoms with Crippen LogP contribution in [0, 0.1) is 0 Å². The standard InChI is InChI=1S/C14H15BrN2OS/c1-18-14-6-5-9(8-16-14)17-11-3-2-4-12-10(11)7-13(15)19-12/h5-8,11,17H,2-4H2,1H3. The van der Waals surface area contributed by atoms with Gasteiger partial charge in [0.05, 0.1) is 28.8 Å². The van der Waals surface area contributed by atoms with E-state index >= 15 is 0 Å². The predicted octanol–water partition coefficient (Wildman–Crippen LogP) is 4.40. The molecule has 0 aliphatic heterocycles. The normalized spacial score (nSPS) is 17.9. The van der Waals surface area contributed by atoms with Gasteiger partial charge in [0.1, 0.15) is 0 Å². The molecule has 1 aliphatic carbocycles. The van der Waals surface area contributed by atoms with Crippen molar-refractivity contribution in [3.05, 3.63) is 38.6 Å². The van der Waals surface area contributed by atoms with Crippen molar-refractivity contribution < 1.29 is 4.74 Å². The summed E-state index contributed by atoms with van der Waals surface area (Å²) < 4.78 is 6.30. The number of nitrogens with one attached hydrogen (secondary N) is 1. The van der Waals surface area contributed by atoms with Crippen LogP contribution in [0.25, 0.3) is 0 Å². The molecule has 3 rings (SSSR count). The second-order valence-electron chi connectivity index (χ2n) is 4.61. The summed E-state index contributed by atoms with van der Waals surface area (Å²) in [5.41, 5.74) is 2.47. The van der Waals surface area contributed by atoms with Gasteiger partial charge in [0.15, 0.2) is 0 Å². The van der Waals surface area contributed by atoms with Crippen molar-refractivity contribution in [2.24, 2.45) is 0 Å². The second kappa shape index (κ2) is 5.51. The minimum absolute atomic E-state index is 0.390. The van der Waals surface area contributed by atoms with Crippen molar-refractivity contribution in [1.29, 1.82) is 0 Å². The van der Waals surface area contributed by atoms with E-state index in [1.165, 1.54) is 33.5 Å². The summed E-state index contributed by atoms with van der Waals surface area (Å²) in [4.78, 5) is 5.73. The number of thiophene rings is 1. The lowest BCUT2D eigenvalue weighted by Gasteiger charge is -2.24. The minimum Gasteiger partial charge on any atom is -0.481 e. The van der Waals surface area contributed by atoms with Crippen LogP contribution >= 0.6 is 27.3 Å². The highest BCUT2D eigenvalue weighted by Crippen LogP contribution is 2.39. The van der Waals surface area contributed by atoms with E-state index < -0.39 is 0 Å². The number of aryl methyl sites for hydroxylation is 1. The van der Waals surface area contributed by atoms with Crippen LogP contribution in [0.4, 0.5) is 5.69 Å². The van der Waals surface area contributed by atoms with Crippen LogP contribution in [0.15, 0.2) is 28.2 Å². The van der Waals surface area contributed by atoms with E-state index in [9.17, 15) is 0 Å². The van der Waals surface area contributed by atoms with E-state index in [4.69, 9.17) is 4.74 Å². The van der Waals surface area contributed by atoms with Crippen molar-refractivity contribution in [2.75, 3.05) is 12.4 Å². The second-order valence-corrected chi connectivity index (χ2v) is 7.12. The summed E-state index contributed by atoms with van der Waals surface area (Å²) in [6.07, 6.45) is 5.43. The zero-order chi connectivity index (χ0) is 13.2. The number of fused-ring (bicyclic) bond motifs is 1. The van der Waals surface area contributed by atoms with Crippen LogP contribution in [0.5, 0.6) is 5.88 Å². The molecule has 2 heterocycles. The van der Waals surface area contributed by atoms with Gasteiger partial charge in [-0.25, -0.2) is 4.98 Å². The number of anilines is 1. The van der Waals surface area contributed by atoms with Gasteiger partial charge in [0, 0.05) is 10.9 Å². The Morgan fingerprint density at radius 1 is 1.47 bits per heavy atom. The average molecular weight is 339 g/mol. The minimum atomic E-state index is 0.390. The first-order valence-electron chi connectivity index (χ1n) is 6.31. The smallest absolute Gasteiger partial charge is 0.213 e. The van der Waals surface area contributed by atoms with Gasteiger partial charge in [-0.2, -0.15) is 0 Å². The third kappa shape index (κ3) is 2.77. The number of hydrogen-bond acceptors (Lipinski definition) is 4. The lowest BCUT2D eigenvalue weighted by atomic mass is 9.94. The number of rotatable bonds is 3. The Kier molecular flexibility index (Phi) is 3.75. The van der Waals surface area contributed by atoms with Gasteiger partial charge < -0.3 is 10.1 Å². The van der Waals surface area contributed by atoms with Gasteiger partial charge >= 0.3 is 0 Å². The van der Waals surface area contributed by atoms with Crippen LogP contribution in [0.1, 0.15) is 29.3 Å². The molecular weight excluding hydrogens is 324 g/mol. The third-order valence-electron chi connectivity index (χ3n) is 3.37. The number of nitrogens with zero attached hydrogens (tertiary/aromatic N) is 1. The molecule has 5 heteroatoms. The summed E-state index contributed by atoms with van der Waals surface area (Å²) in [5, 5.41) is 3.57. The molecule has 2 aromatic heterocycles. The number of aromatic nitrogens is 1. The average Bonchev–Trinajstić information content (AvgIpc) is 2.81. The third-order valence-corrected chi connectivity index (χ3v) is 5.08. The maximum Gasteiger partial charge on any atom is 0.213 e. The fourth-order valence-electron chi connectivity index (χ4n) is 2.46. The molecule has 0 amide bonds. The van der Waals surface area contributed by atoms with Crippen molar-refractivity contribution in [2.45, 2.75) is 25.3 Å².